The normalized spacial score (nSPS) is 11.0. The van der Waals surface area contributed by atoms with Crippen LogP contribution < -0.4 is 0 Å². The molecule has 0 amide bonds. The molecule has 0 saturated heterocycles. The SMILES string of the molecule is C(=N\n1cccc1)/c1ccoc1. The molecule has 2 aromatic heterocycles. The fourth-order valence-corrected chi connectivity index (χ4v) is 0.884. The summed E-state index contributed by atoms with van der Waals surface area (Å²) in [4.78, 5) is 0. The highest BCUT2D eigenvalue weighted by atomic mass is 16.3. The van der Waals surface area contributed by atoms with Gasteiger partial charge in [-0.05, 0) is 18.2 Å². The number of aromatic nitrogens is 1. The average molecular weight is 160 g/mol. The van der Waals surface area contributed by atoms with Crippen molar-refractivity contribution in [3.63, 3.8) is 0 Å². The fourth-order valence-electron chi connectivity index (χ4n) is 0.884. The van der Waals surface area contributed by atoms with E-state index >= 15 is 0 Å². The Morgan fingerprint density at radius 2 is 2.17 bits per heavy atom. The second-order valence-corrected chi connectivity index (χ2v) is 2.36. The molecule has 0 radical (unpaired) electrons. The van der Waals surface area contributed by atoms with E-state index < -0.39 is 0 Å². The van der Waals surface area contributed by atoms with Crippen molar-refractivity contribution >= 4 is 6.21 Å². The van der Waals surface area contributed by atoms with Gasteiger partial charge in [0.05, 0.1) is 18.7 Å². The minimum Gasteiger partial charge on any atom is -0.472 e. The first-order chi connectivity index (χ1) is 5.95. The van der Waals surface area contributed by atoms with E-state index in [1.54, 1.807) is 23.4 Å². The zero-order chi connectivity index (χ0) is 8.23. The summed E-state index contributed by atoms with van der Waals surface area (Å²) in [5.74, 6) is 0. The number of rotatable bonds is 2. The van der Waals surface area contributed by atoms with Gasteiger partial charge in [-0.25, -0.2) is 4.68 Å². The first kappa shape index (κ1) is 6.91. The smallest absolute Gasteiger partial charge is 0.0991 e. The number of hydrogen-bond acceptors (Lipinski definition) is 2. The van der Waals surface area contributed by atoms with Crippen LogP contribution in [0.4, 0.5) is 0 Å². The van der Waals surface area contributed by atoms with Gasteiger partial charge in [0.2, 0.25) is 0 Å². The van der Waals surface area contributed by atoms with Crippen LogP contribution in [0.1, 0.15) is 5.56 Å². The lowest BCUT2D eigenvalue weighted by atomic mass is 10.4. The Bertz CT molecular complexity index is 310. The highest BCUT2D eigenvalue weighted by molar-refractivity contribution is 5.78. The van der Waals surface area contributed by atoms with Gasteiger partial charge in [-0.15, -0.1) is 0 Å². The quantitative estimate of drug-likeness (QED) is 0.618. The summed E-state index contributed by atoms with van der Waals surface area (Å²) in [5, 5.41) is 4.14. The number of hydrogen-bond donors (Lipinski definition) is 0. The first-order valence-electron chi connectivity index (χ1n) is 3.65. The van der Waals surface area contributed by atoms with Crippen molar-refractivity contribution in [3.8, 4) is 0 Å². The average Bonchev–Trinajstić information content (AvgIpc) is 2.74. The Kier molecular flexibility index (Phi) is 1.78. The third kappa shape index (κ3) is 1.45. The summed E-state index contributed by atoms with van der Waals surface area (Å²) in [5.41, 5.74) is 0.962. The lowest BCUT2D eigenvalue weighted by Crippen LogP contribution is -1.83. The van der Waals surface area contributed by atoms with Crippen LogP contribution in [0.3, 0.4) is 0 Å². The zero-order valence-corrected chi connectivity index (χ0v) is 6.42. The second kappa shape index (κ2) is 3.09. The molecule has 0 N–H and O–H groups in total. The van der Waals surface area contributed by atoms with Crippen molar-refractivity contribution in [2.75, 3.05) is 0 Å². The van der Waals surface area contributed by atoms with Crippen molar-refractivity contribution in [1.29, 1.82) is 0 Å². The minimum atomic E-state index is 0.962. The van der Waals surface area contributed by atoms with E-state index in [4.69, 9.17) is 4.42 Å². The Morgan fingerprint density at radius 1 is 1.33 bits per heavy atom. The van der Waals surface area contributed by atoms with E-state index in [1.807, 2.05) is 30.6 Å². The molecule has 0 fully saturated rings. The van der Waals surface area contributed by atoms with Gasteiger partial charge in [0.25, 0.3) is 0 Å². The molecule has 2 rings (SSSR count). The monoisotopic (exact) mass is 160 g/mol. The predicted molar refractivity (Wildman–Crippen MR) is 46.1 cm³/mol. The van der Waals surface area contributed by atoms with Crippen LogP contribution in [-0.4, -0.2) is 10.9 Å². The molecule has 0 aliphatic rings. The Balaban J connectivity index is 2.14. The molecule has 0 aliphatic heterocycles. The van der Waals surface area contributed by atoms with Crippen molar-refractivity contribution in [2.45, 2.75) is 0 Å². The second-order valence-electron chi connectivity index (χ2n) is 2.36. The fraction of sp³-hybridized carbons (Fsp3) is 0. The topological polar surface area (TPSA) is 30.4 Å². The molecule has 2 aromatic rings. The van der Waals surface area contributed by atoms with Crippen LogP contribution >= 0.6 is 0 Å². The van der Waals surface area contributed by atoms with Gasteiger partial charge in [-0.2, -0.15) is 5.10 Å². The van der Waals surface area contributed by atoms with Crippen LogP contribution in [0.5, 0.6) is 0 Å². The van der Waals surface area contributed by atoms with Gasteiger partial charge in [0.1, 0.15) is 0 Å². The summed E-state index contributed by atoms with van der Waals surface area (Å²) >= 11 is 0. The predicted octanol–water partition coefficient (Wildman–Crippen LogP) is 1.96. The molecule has 0 saturated carbocycles. The van der Waals surface area contributed by atoms with E-state index in [0.29, 0.717) is 0 Å². The summed E-state index contributed by atoms with van der Waals surface area (Å²) in [7, 11) is 0. The molecule has 0 atom stereocenters. The summed E-state index contributed by atoms with van der Waals surface area (Å²) < 4.78 is 6.61. The van der Waals surface area contributed by atoms with Gasteiger partial charge >= 0.3 is 0 Å². The van der Waals surface area contributed by atoms with Crippen molar-refractivity contribution in [3.05, 3.63) is 48.7 Å². The lowest BCUT2D eigenvalue weighted by molar-refractivity contribution is 0.567. The highest BCUT2D eigenvalue weighted by Gasteiger charge is 1.86. The summed E-state index contributed by atoms with van der Waals surface area (Å²) in [6.07, 6.45) is 8.75. The third-order valence-corrected chi connectivity index (χ3v) is 1.47. The molecule has 0 bridgehead atoms. The van der Waals surface area contributed by atoms with Crippen molar-refractivity contribution < 1.29 is 4.42 Å². The van der Waals surface area contributed by atoms with Gasteiger partial charge in [-0.3, -0.25) is 0 Å². The van der Waals surface area contributed by atoms with E-state index in [2.05, 4.69) is 5.10 Å². The van der Waals surface area contributed by atoms with E-state index in [9.17, 15) is 0 Å². The van der Waals surface area contributed by atoms with Crippen molar-refractivity contribution in [1.82, 2.24) is 4.68 Å². The maximum atomic E-state index is 4.88. The Morgan fingerprint density at radius 3 is 2.83 bits per heavy atom. The van der Waals surface area contributed by atoms with Crippen molar-refractivity contribution in [2.24, 2.45) is 5.10 Å². The zero-order valence-electron chi connectivity index (χ0n) is 6.42. The maximum Gasteiger partial charge on any atom is 0.0991 e. The first-order valence-corrected chi connectivity index (χ1v) is 3.65. The van der Waals surface area contributed by atoms with E-state index in [0.717, 1.165) is 5.56 Å². The van der Waals surface area contributed by atoms with Gasteiger partial charge in [-0.1, -0.05) is 0 Å². The van der Waals surface area contributed by atoms with E-state index in [1.165, 1.54) is 0 Å². The molecule has 12 heavy (non-hydrogen) atoms. The Hall–Kier alpha value is -1.77. The number of furan rings is 1. The largest absolute Gasteiger partial charge is 0.472 e. The molecule has 0 aliphatic carbocycles. The molecule has 2 heterocycles. The van der Waals surface area contributed by atoms with Crippen LogP contribution in [0.25, 0.3) is 0 Å². The molecule has 3 heteroatoms. The van der Waals surface area contributed by atoms with E-state index in [-0.39, 0.29) is 0 Å². The molecule has 3 nitrogen and oxygen atoms in total. The minimum absolute atomic E-state index is 0.962. The summed E-state index contributed by atoms with van der Waals surface area (Å²) in [6, 6.07) is 5.70. The number of nitrogens with zero attached hydrogens (tertiary/aromatic N) is 2. The van der Waals surface area contributed by atoms with Gasteiger partial charge in [0, 0.05) is 18.0 Å². The van der Waals surface area contributed by atoms with Crippen LogP contribution in [0, 0.1) is 0 Å². The molecular weight excluding hydrogens is 152 g/mol. The standard InChI is InChI=1S/C9H8N2O/c1-2-5-11(4-1)10-7-9-3-6-12-8-9/h1-8H/b10-7+. The Labute approximate surface area is 69.9 Å². The van der Waals surface area contributed by atoms with Crippen LogP contribution in [0.15, 0.2) is 52.6 Å². The lowest BCUT2D eigenvalue weighted by Gasteiger charge is -1.88. The van der Waals surface area contributed by atoms with Crippen LogP contribution in [-0.2, 0) is 0 Å². The molecule has 0 unspecified atom stereocenters. The summed E-state index contributed by atoms with van der Waals surface area (Å²) in [6.45, 7) is 0. The van der Waals surface area contributed by atoms with Gasteiger partial charge < -0.3 is 4.42 Å². The van der Waals surface area contributed by atoms with Gasteiger partial charge in [0.15, 0.2) is 0 Å². The molecule has 0 aromatic carbocycles. The highest BCUT2D eigenvalue weighted by Crippen LogP contribution is 1.96. The maximum absolute atomic E-state index is 4.88. The molecule has 60 valence electrons. The molecular formula is C9H8N2O. The molecule has 0 spiro atoms. The van der Waals surface area contributed by atoms with Crippen LogP contribution in [0.2, 0.25) is 0 Å². The third-order valence-electron chi connectivity index (χ3n) is 1.47.